The van der Waals surface area contributed by atoms with Gasteiger partial charge in [-0.1, -0.05) is 378 Å². The van der Waals surface area contributed by atoms with Crippen LogP contribution >= 0.6 is 0 Å². The lowest BCUT2D eigenvalue weighted by Gasteiger charge is -2.40. The highest BCUT2D eigenvalue weighted by Crippen LogP contribution is 2.24. The number of aliphatic hydroxyl groups excluding tert-OH is 5. The lowest BCUT2D eigenvalue weighted by Crippen LogP contribution is -2.60. The monoisotopic (exact) mass is 1210 g/mol. The molecule has 0 spiro atoms. The molecule has 9 nitrogen and oxygen atoms in total. The Bertz CT molecular complexity index is 1450. The number of ether oxygens (including phenoxy) is 2. The van der Waals surface area contributed by atoms with Gasteiger partial charge in [0.25, 0.3) is 0 Å². The Kier molecular flexibility index (Phi) is 63.6. The van der Waals surface area contributed by atoms with Crippen molar-refractivity contribution in [1.82, 2.24) is 5.32 Å². The maximum Gasteiger partial charge on any atom is 0.220 e. The van der Waals surface area contributed by atoms with Crippen LogP contribution < -0.4 is 5.32 Å². The van der Waals surface area contributed by atoms with Gasteiger partial charge in [0.05, 0.1) is 25.4 Å². The fourth-order valence-corrected chi connectivity index (χ4v) is 12.5. The summed E-state index contributed by atoms with van der Waals surface area (Å²) < 4.78 is 11.3. The Balaban J connectivity index is 2.11. The average Bonchev–Trinajstić information content (AvgIpc) is 2.33. The van der Waals surface area contributed by atoms with Gasteiger partial charge in [-0.05, 0) is 44.9 Å². The van der Waals surface area contributed by atoms with Gasteiger partial charge in [-0.2, -0.15) is 0 Å². The molecule has 1 amide bonds. The number of hydrogen-bond acceptors (Lipinski definition) is 8. The minimum absolute atomic E-state index is 0.182. The molecule has 0 aromatic heterocycles. The molecule has 1 fully saturated rings. The summed E-state index contributed by atoms with van der Waals surface area (Å²) in [5, 5.41) is 54.8. The van der Waals surface area contributed by atoms with Crippen molar-refractivity contribution < 1.29 is 39.8 Å². The van der Waals surface area contributed by atoms with Crippen molar-refractivity contribution in [1.29, 1.82) is 0 Å². The molecule has 6 N–H and O–H groups in total. The van der Waals surface area contributed by atoms with E-state index in [1.54, 1.807) is 6.08 Å². The lowest BCUT2D eigenvalue weighted by molar-refractivity contribution is -0.302. The van der Waals surface area contributed by atoms with Gasteiger partial charge in [0.15, 0.2) is 6.29 Å². The third kappa shape index (κ3) is 54.2. The smallest absolute Gasteiger partial charge is 0.220 e. The Morgan fingerprint density at radius 3 is 0.977 bits per heavy atom. The molecule has 7 unspecified atom stereocenters. The summed E-state index contributed by atoms with van der Waals surface area (Å²) in [5.41, 5.74) is 0. The average molecular weight is 1220 g/mol. The van der Waals surface area contributed by atoms with Gasteiger partial charge in [0.1, 0.15) is 24.4 Å². The van der Waals surface area contributed by atoms with Gasteiger partial charge in [-0.25, -0.2) is 0 Å². The maximum atomic E-state index is 13.1. The number of carbonyl (C=O) groups is 1. The summed E-state index contributed by atoms with van der Waals surface area (Å²) in [6, 6.07) is -0.828. The summed E-state index contributed by atoms with van der Waals surface area (Å²) >= 11 is 0. The maximum absolute atomic E-state index is 13.1. The summed E-state index contributed by atoms with van der Waals surface area (Å²) in [6.07, 6.45) is 82.9. The molecular weight excluding hydrogens is 1070 g/mol. The molecule has 0 saturated carbocycles. The minimum Gasteiger partial charge on any atom is -0.394 e. The molecule has 0 radical (unpaired) electrons. The quantitative estimate of drug-likeness (QED) is 0.0261. The van der Waals surface area contributed by atoms with Crippen LogP contribution in [0.2, 0.25) is 0 Å². The zero-order chi connectivity index (χ0) is 62.1. The zero-order valence-electron chi connectivity index (χ0n) is 57.1. The number of allylic oxidation sites excluding steroid dienone is 5. The summed E-state index contributed by atoms with van der Waals surface area (Å²) in [6.45, 7) is 3.82. The second kappa shape index (κ2) is 66.3. The fraction of sp³-hybridized carbons (Fsp3) is 0.909. The van der Waals surface area contributed by atoms with E-state index in [0.29, 0.717) is 6.42 Å². The van der Waals surface area contributed by atoms with Gasteiger partial charge < -0.3 is 40.3 Å². The second-order valence-corrected chi connectivity index (χ2v) is 26.8. The van der Waals surface area contributed by atoms with Crippen LogP contribution in [-0.2, 0) is 14.3 Å². The number of hydrogen-bond donors (Lipinski definition) is 6. The topological polar surface area (TPSA) is 149 Å². The van der Waals surface area contributed by atoms with Crippen molar-refractivity contribution in [3.63, 3.8) is 0 Å². The number of unbranched alkanes of at least 4 members (excludes halogenated alkanes) is 54. The van der Waals surface area contributed by atoms with Gasteiger partial charge in [-0.3, -0.25) is 4.79 Å². The van der Waals surface area contributed by atoms with E-state index in [2.05, 4.69) is 43.5 Å². The minimum atomic E-state index is -1.58. The van der Waals surface area contributed by atoms with Gasteiger partial charge in [0.2, 0.25) is 5.91 Å². The van der Waals surface area contributed by atoms with Crippen LogP contribution in [0.5, 0.6) is 0 Å². The van der Waals surface area contributed by atoms with Gasteiger partial charge in [-0.15, -0.1) is 0 Å². The van der Waals surface area contributed by atoms with Crippen molar-refractivity contribution in [3.8, 4) is 0 Å². The third-order valence-corrected chi connectivity index (χ3v) is 18.4. The number of nitrogens with one attached hydrogen (secondary N) is 1. The molecule has 0 bridgehead atoms. The summed E-state index contributed by atoms with van der Waals surface area (Å²) in [4.78, 5) is 13.1. The molecule has 0 aromatic rings. The van der Waals surface area contributed by atoms with Gasteiger partial charge >= 0.3 is 0 Å². The highest BCUT2D eigenvalue weighted by Gasteiger charge is 2.44. The van der Waals surface area contributed by atoms with E-state index in [4.69, 9.17) is 9.47 Å². The highest BCUT2D eigenvalue weighted by atomic mass is 16.7. The van der Waals surface area contributed by atoms with Crippen molar-refractivity contribution in [2.75, 3.05) is 13.2 Å². The number of carbonyl (C=O) groups excluding carboxylic acids is 1. The number of rotatable bonds is 68. The standard InChI is InChI=1S/C77H147NO8/c1-3-5-7-9-11-13-15-17-19-21-23-25-27-29-31-33-35-37-39-41-43-45-47-49-51-53-55-57-59-61-63-65-67-73(81)78-70(69-85-77-76(84)75(83)74(82)72(68-79)86-77)71(80)66-64-62-60-58-56-54-52-50-48-46-44-42-40-38-36-34-32-30-28-26-24-22-20-18-16-14-12-10-8-6-4-2/h48,50,56,58,64,66,70-72,74-77,79-80,82-84H,3-47,49,51-55,57,59-63,65,67-69H2,1-2H3,(H,78,81)/b50-48+,58-56+,66-64+. The first-order valence-electron chi connectivity index (χ1n) is 38.2. The van der Waals surface area contributed by atoms with Crippen LogP contribution in [0.3, 0.4) is 0 Å². The SMILES string of the molecule is CCCCCCCCCCCCCCCCCCCCCCC/C=C/CC/C=C/CC/C=C/C(O)C(COC1OC(CO)C(O)C(O)C1O)NC(=O)CCCCCCCCCCCCCCCCCCCCCCCCCCCCCCCCCC. The first kappa shape index (κ1) is 82.4. The molecular formula is C77H147NO8. The molecule has 0 aromatic carbocycles. The van der Waals surface area contributed by atoms with Crippen LogP contribution in [-0.4, -0.2) is 87.5 Å². The fourth-order valence-electron chi connectivity index (χ4n) is 12.5. The van der Waals surface area contributed by atoms with Crippen molar-refractivity contribution in [2.24, 2.45) is 0 Å². The molecule has 0 aliphatic carbocycles. The molecule has 86 heavy (non-hydrogen) atoms. The molecule has 508 valence electrons. The molecule has 7 atom stereocenters. The van der Waals surface area contributed by atoms with E-state index in [9.17, 15) is 30.3 Å². The van der Waals surface area contributed by atoms with E-state index < -0.39 is 49.5 Å². The Morgan fingerprint density at radius 1 is 0.384 bits per heavy atom. The Morgan fingerprint density at radius 2 is 0.663 bits per heavy atom. The predicted octanol–water partition coefficient (Wildman–Crippen LogP) is 21.4. The lowest BCUT2D eigenvalue weighted by atomic mass is 9.99. The zero-order valence-corrected chi connectivity index (χ0v) is 57.1. The summed E-state index contributed by atoms with van der Waals surface area (Å²) in [5.74, 6) is -0.182. The van der Waals surface area contributed by atoms with Crippen LogP contribution in [0.4, 0.5) is 0 Å². The first-order chi connectivity index (χ1) is 42.3. The van der Waals surface area contributed by atoms with Gasteiger partial charge in [0, 0.05) is 6.42 Å². The third-order valence-electron chi connectivity index (χ3n) is 18.4. The molecule has 9 heteroatoms. The summed E-state index contributed by atoms with van der Waals surface area (Å²) in [7, 11) is 0. The first-order valence-corrected chi connectivity index (χ1v) is 38.2. The van der Waals surface area contributed by atoms with Crippen LogP contribution in [0, 0.1) is 0 Å². The molecule has 1 rings (SSSR count). The molecule has 1 aliphatic rings. The second-order valence-electron chi connectivity index (χ2n) is 26.8. The molecule has 1 aliphatic heterocycles. The van der Waals surface area contributed by atoms with Crippen molar-refractivity contribution in [3.05, 3.63) is 36.5 Å². The van der Waals surface area contributed by atoms with Crippen LogP contribution in [0.25, 0.3) is 0 Å². The highest BCUT2D eigenvalue weighted by molar-refractivity contribution is 5.76. The molecule has 1 saturated heterocycles. The van der Waals surface area contributed by atoms with Crippen molar-refractivity contribution >= 4 is 5.91 Å². The number of amides is 1. The van der Waals surface area contributed by atoms with Crippen LogP contribution in [0.1, 0.15) is 393 Å². The Labute approximate surface area is 533 Å². The van der Waals surface area contributed by atoms with E-state index >= 15 is 0 Å². The largest absolute Gasteiger partial charge is 0.394 e. The van der Waals surface area contributed by atoms with E-state index in [-0.39, 0.29) is 12.5 Å². The van der Waals surface area contributed by atoms with E-state index in [0.717, 1.165) is 44.9 Å². The van der Waals surface area contributed by atoms with Crippen LogP contribution in [0.15, 0.2) is 36.5 Å². The van der Waals surface area contributed by atoms with E-state index in [1.165, 1.54) is 327 Å². The predicted molar refractivity (Wildman–Crippen MR) is 369 cm³/mol. The number of aliphatic hydroxyl groups is 5. The Hall–Kier alpha value is -1.59. The molecule has 1 heterocycles. The van der Waals surface area contributed by atoms with Crippen molar-refractivity contribution in [2.45, 2.75) is 436 Å². The normalized spacial score (nSPS) is 18.2. The van der Waals surface area contributed by atoms with E-state index in [1.807, 2.05) is 6.08 Å².